The van der Waals surface area contributed by atoms with Crippen molar-refractivity contribution in [3.8, 4) is 0 Å². The molecule has 1 aliphatic heterocycles. The molecule has 1 heterocycles. The van der Waals surface area contributed by atoms with E-state index in [9.17, 15) is 13.2 Å². The maximum absolute atomic E-state index is 12.6. The number of rotatable bonds is 5. The molecule has 1 fully saturated rings. The van der Waals surface area contributed by atoms with Gasteiger partial charge in [0.1, 0.15) is 0 Å². The molecule has 1 aliphatic rings. The number of carbonyl (C=O) groups is 1. The number of piperidine rings is 1. The molecule has 6 nitrogen and oxygen atoms in total. The molecular formula is C24H33N3O3S. The Hall–Kier alpha value is -2.54. The van der Waals surface area contributed by atoms with Crippen LogP contribution in [-0.2, 0) is 10.0 Å². The minimum atomic E-state index is -3.51. The summed E-state index contributed by atoms with van der Waals surface area (Å²) in [6.45, 7) is 11.6. The number of hydrogen-bond acceptors (Lipinski definition) is 4. The van der Waals surface area contributed by atoms with E-state index in [0.717, 1.165) is 18.8 Å². The highest BCUT2D eigenvalue weighted by Crippen LogP contribution is 2.27. The van der Waals surface area contributed by atoms with Gasteiger partial charge in [-0.25, -0.2) is 8.42 Å². The lowest BCUT2D eigenvalue weighted by molar-refractivity contribution is 0.102. The van der Waals surface area contributed by atoms with Crippen LogP contribution in [0.5, 0.6) is 0 Å². The second kappa shape index (κ2) is 8.91. The average Bonchev–Trinajstić information content (AvgIpc) is 2.67. The third-order valence-electron chi connectivity index (χ3n) is 5.56. The Morgan fingerprint density at radius 2 is 1.42 bits per heavy atom. The molecule has 0 radical (unpaired) electrons. The second-order valence-electron chi connectivity index (χ2n) is 9.65. The number of nitrogens with one attached hydrogen (secondary N) is 2. The molecule has 31 heavy (non-hydrogen) atoms. The van der Waals surface area contributed by atoms with Gasteiger partial charge in [-0.15, -0.1) is 0 Å². The lowest BCUT2D eigenvalue weighted by atomic mass is 9.91. The molecule has 2 aromatic carbocycles. The van der Waals surface area contributed by atoms with Crippen LogP contribution in [0.4, 0.5) is 17.1 Å². The Kier molecular flexibility index (Phi) is 6.65. The fraction of sp³-hybridized carbons (Fsp3) is 0.458. The van der Waals surface area contributed by atoms with Crippen molar-refractivity contribution < 1.29 is 13.2 Å². The van der Waals surface area contributed by atoms with Gasteiger partial charge in [-0.05, 0) is 87.6 Å². The van der Waals surface area contributed by atoms with Gasteiger partial charge in [0.25, 0.3) is 5.91 Å². The Labute approximate surface area is 186 Å². The van der Waals surface area contributed by atoms with Crippen molar-refractivity contribution >= 4 is 33.0 Å². The molecule has 0 saturated carbocycles. The molecular weight excluding hydrogens is 410 g/mol. The molecule has 2 N–H and O–H groups in total. The van der Waals surface area contributed by atoms with Gasteiger partial charge in [0, 0.05) is 35.7 Å². The SMILES string of the molecule is CC1C[C@@H](C)CN(c2ccc(NC(=O)c3ccc(NS(=O)(=O)C(C)(C)C)cc3)cc2)C1. The number of sulfonamides is 1. The van der Waals surface area contributed by atoms with Crippen LogP contribution in [0.15, 0.2) is 48.5 Å². The number of benzene rings is 2. The van der Waals surface area contributed by atoms with E-state index in [1.807, 2.05) is 24.3 Å². The summed E-state index contributed by atoms with van der Waals surface area (Å²) in [6.07, 6.45) is 1.26. The van der Waals surface area contributed by atoms with Gasteiger partial charge in [0.05, 0.1) is 4.75 Å². The van der Waals surface area contributed by atoms with Gasteiger partial charge in [-0.3, -0.25) is 9.52 Å². The van der Waals surface area contributed by atoms with Crippen LogP contribution in [0.25, 0.3) is 0 Å². The zero-order valence-electron chi connectivity index (χ0n) is 19.0. The topological polar surface area (TPSA) is 78.5 Å². The highest BCUT2D eigenvalue weighted by Gasteiger charge is 2.28. The van der Waals surface area contributed by atoms with Crippen molar-refractivity contribution in [3.63, 3.8) is 0 Å². The maximum atomic E-state index is 12.6. The monoisotopic (exact) mass is 443 g/mol. The lowest BCUT2D eigenvalue weighted by Crippen LogP contribution is -2.38. The van der Waals surface area contributed by atoms with Gasteiger partial charge in [-0.2, -0.15) is 0 Å². The van der Waals surface area contributed by atoms with Crippen LogP contribution in [0.3, 0.4) is 0 Å². The first-order valence-electron chi connectivity index (χ1n) is 10.7. The second-order valence-corrected chi connectivity index (χ2v) is 12.1. The molecule has 7 heteroatoms. The number of hydrogen-bond donors (Lipinski definition) is 2. The van der Waals surface area contributed by atoms with Crippen LogP contribution in [0.2, 0.25) is 0 Å². The summed E-state index contributed by atoms with van der Waals surface area (Å²) in [4.78, 5) is 15.0. The van der Waals surface area contributed by atoms with E-state index < -0.39 is 14.8 Å². The first-order valence-corrected chi connectivity index (χ1v) is 12.2. The molecule has 1 unspecified atom stereocenters. The molecule has 1 amide bonds. The van der Waals surface area contributed by atoms with Gasteiger partial charge in [-0.1, -0.05) is 13.8 Å². The standard InChI is InChI=1S/C24H33N3O3S/c1-17-14-18(2)16-27(15-17)22-12-10-20(11-13-22)25-23(28)19-6-8-21(9-7-19)26-31(29,30)24(3,4)5/h6-13,17-18,26H,14-16H2,1-5H3,(H,25,28)/t17-,18?/m1/s1. The highest BCUT2D eigenvalue weighted by atomic mass is 32.2. The number of carbonyl (C=O) groups excluding carboxylic acids is 1. The van der Waals surface area contributed by atoms with Crippen LogP contribution < -0.4 is 14.9 Å². The first kappa shape index (κ1) is 23.1. The van der Waals surface area contributed by atoms with Crippen molar-refractivity contribution in [2.45, 2.75) is 45.8 Å². The summed E-state index contributed by atoms with van der Waals surface area (Å²) < 4.78 is 26.2. The molecule has 2 atom stereocenters. The smallest absolute Gasteiger partial charge is 0.255 e. The summed E-state index contributed by atoms with van der Waals surface area (Å²) >= 11 is 0. The fourth-order valence-electron chi connectivity index (χ4n) is 3.83. The quantitative estimate of drug-likeness (QED) is 0.684. The predicted octanol–water partition coefficient (Wildman–Crippen LogP) is 4.96. The van der Waals surface area contributed by atoms with E-state index in [1.165, 1.54) is 12.1 Å². The van der Waals surface area contributed by atoms with Crippen molar-refractivity contribution in [3.05, 3.63) is 54.1 Å². The van der Waals surface area contributed by atoms with Crippen molar-refractivity contribution in [2.75, 3.05) is 28.0 Å². The van der Waals surface area contributed by atoms with Crippen LogP contribution in [-0.4, -0.2) is 32.2 Å². The molecule has 168 valence electrons. The Balaban J connectivity index is 1.62. The van der Waals surface area contributed by atoms with E-state index >= 15 is 0 Å². The number of nitrogens with zero attached hydrogens (tertiary/aromatic N) is 1. The molecule has 0 aromatic heterocycles. The Morgan fingerprint density at radius 1 is 0.903 bits per heavy atom. The van der Waals surface area contributed by atoms with Gasteiger partial charge < -0.3 is 10.2 Å². The van der Waals surface area contributed by atoms with E-state index in [4.69, 9.17) is 0 Å². The predicted molar refractivity (Wildman–Crippen MR) is 128 cm³/mol. The number of anilines is 3. The highest BCUT2D eigenvalue weighted by molar-refractivity contribution is 7.94. The zero-order chi connectivity index (χ0) is 22.8. The van der Waals surface area contributed by atoms with Crippen LogP contribution >= 0.6 is 0 Å². The first-order chi connectivity index (χ1) is 14.4. The summed E-state index contributed by atoms with van der Waals surface area (Å²) in [7, 11) is -3.51. The molecule has 2 aromatic rings. The molecule has 3 rings (SSSR count). The minimum absolute atomic E-state index is 0.238. The number of amides is 1. The van der Waals surface area contributed by atoms with Crippen LogP contribution in [0, 0.1) is 11.8 Å². The summed E-state index contributed by atoms with van der Waals surface area (Å²) in [5.41, 5.74) is 2.79. The van der Waals surface area contributed by atoms with E-state index in [1.54, 1.807) is 45.0 Å². The molecule has 0 bridgehead atoms. The lowest BCUT2D eigenvalue weighted by Gasteiger charge is -2.36. The normalized spacial score (nSPS) is 19.7. The van der Waals surface area contributed by atoms with Gasteiger partial charge in [0.15, 0.2) is 0 Å². The summed E-state index contributed by atoms with van der Waals surface area (Å²) in [5.74, 6) is 1.12. The molecule has 1 saturated heterocycles. The summed E-state index contributed by atoms with van der Waals surface area (Å²) in [5, 5.41) is 2.90. The molecule has 0 spiro atoms. The molecule has 0 aliphatic carbocycles. The minimum Gasteiger partial charge on any atom is -0.371 e. The Bertz CT molecular complexity index is 1000. The van der Waals surface area contributed by atoms with Crippen molar-refractivity contribution in [1.82, 2.24) is 0 Å². The fourth-order valence-corrected chi connectivity index (χ4v) is 4.58. The van der Waals surface area contributed by atoms with E-state index in [0.29, 0.717) is 23.1 Å². The van der Waals surface area contributed by atoms with Gasteiger partial charge >= 0.3 is 0 Å². The van der Waals surface area contributed by atoms with Crippen molar-refractivity contribution in [1.29, 1.82) is 0 Å². The van der Waals surface area contributed by atoms with Gasteiger partial charge in [0.2, 0.25) is 10.0 Å². The van der Waals surface area contributed by atoms with Crippen molar-refractivity contribution in [2.24, 2.45) is 11.8 Å². The van der Waals surface area contributed by atoms with E-state index in [2.05, 4.69) is 28.8 Å². The third-order valence-corrected chi connectivity index (χ3v) is 7.68. The van der Waals surface area contributed by atoms with Crippen LogP contribution in [0.1, 0.15) is 51.4 Å². The Morgan fingerprint density at radius 3 is 1.94 bits per heavy atom. The maximum Gasteiger partial charge on any atom is 0.255 e. The average molecular weight is 444 g/mol. The van der Waals surface area contributed by atoms with E-state index in [-0.39, 0.29) is 5.91 Å². The third kappa shape index (κ3) is 5.79. The zero-order valence-corrected chi connectivity index (χ0v) is 19.8. The summed E-state index contributed by atoms with van der Waals surface area (Å²) in [6, 6.07) is 14.4. The largest absolute Gasteiger partial charge is 0.371 e.